The van der Waals surface area contributed by atoms with E-state index in [-0.39, 0.29) is 0 Å². The van der Waals surface area contributed by atoms with Gasteiger partial charge in [0.1, 0.15) is 0 Å². The van der Waals surface area contributed by atoms with Gasteiger partial charge in [0, 0.05) is 0 Å². The van der Waals surface area contributed by atoms with Crippen LogP contribution >= 0.6 is 15.2 Å². The van der Waals surface area contributed by atoms with Crippen LogP contribution in [0.2, 0.25) is 0 Å². The standard InChI is InChI=1S/C36H44P2/c1-21-13-25(5)33(26(6)14-21)37(34-27(7)15-22(2)16-28(34)8)38(35-29(9)17-23(3)18-30(35)10)36-31(11)19-24(4)20-32(36)12/h13-20H,1-12H3. The Balaban J connectivity index is 2.24. The summed E-state index contributed by atoms with van der Waals surface area (Å²) in [6.45, 7) is 27.7. The zero-order chi connectivity index (χ0) is 28.0. The molecule has 0 saturated carbocycles. The molecule has 0 amide bonds. The topological polar surface area (TPSA) is 0 Å². The molecule has 0 aliphatic carbocycles. The molecule has 198 valence electrons. The summed E-state index contributed by atoms with van der Waals surface area (Å²) in [5.41, 5.74) is 16.9. The summed E-state index contributed by atoms with van der Waals surface area (Å²) >= 11 is 0. The van der Waals surface area contributed by atoms with Crippen LogP contribution in [0.3, 0.4) is 0 Å². The average Bonchev–Trinajstić information content (AvgIpc) is 2.74. The van der Waals surface area contributed by atoms with Gasteiger partial charge in [-0.25, -0.2) is 0 Å². The van der Waals surface area contributed by atoms with Crippen molar-refractivity contribution in [3.05, 3.63) is 115 Å². The number of rotatable bonds is 5. The normalized spacial score (nSPS) is 11.6. The molecule has 2 heteroatoms. The summed E-state index contributed by atoms with van der Waals surface area (Å²) in [6, 6.07) is 19.3. The Bertz CT molecular complexity index is 1220. The molecule has 4 rings (SSSR count). The van der Waals surface area contributed by atoms with Gasteiger partial charge in [-0.15, -0.1) is 0 Å². The van der Waals surface area contributed by atoms with E-state index < -0.39 is 15.2 Å². The van der Waals surface area contributed by atoms with E-state index in [0.717, 1.165) is 0 Å². The number of hydrogen-bond donors (Lipinski definition) is 0. The Labute approximate surface area is 234 Å². The minimum atomic E-state index is -0.694. The molecule has 0 N–H and O–H groups in total. The van der Waals surface area contributed by atoms with Gasteiger partial charge in [-0.2, -0.15) is 0 Å². The molecule has 0 unspecified atom stereocenters. The third-order valence-electron chi connectivity index (χ3n) is 7.59. The first-order valence-corrected chi connectivity index (χ1v) is 17.1. The van der Waals surface area contributed by atoms with Crippen molar-refractivity contribution in [3.63, 3.8) is 0 Å². The van der Waals surface area contributed by atoms with Crippen molar-refractivity contribution in [2.24, 2.45) is 0 Å². The van der Waals surface area contributed by atoms with Crippen LogP contribution in [0.5, 0.6) is 0 Å². The number of aryl methyl sites for hydroxylation is 12. The van der Waals surface area contributed by atoms with Gasteiger partial charge in [0.05, 0.1) is 0 Å². The maximum atomic E-state index is 2.41. The smallest absolute Gasteiger partial charge is 0.00877 e. The molecule has 38 heavy (non-hydrogen) atoms. The molecule has 4 aromatic carbocycles. The summed E-state index contributed by atoms with van der Waals surface area (Å²) in [5, 5.41) is 6.30. The molecule has 0 radical (unpaired) electrons. The van der Waals surface area contributed by atoms with E-state index in [0.29, 0.717) is 0 Å². The molecular formula is C36H44P2. The number of hydrogen-bond acceptors (Lipinski definition) is 0. The summed E-state index contributed by atoms with van der Waals surface area (Å²) in [6.07, 6.45) is 0. The second-order valence-electron chi connectivity index (χ2n) is 11.6. The Morgan fingerprint density at radius 2 is 0.395 bits per heavy atom. The zero-order valence-corrected chi connectivity index (χ0v) is 27.3. The first kappa shape index (κ1) is 28.7. The highest BCUT2D eigenvalue weighted by atomic mass is 32.1. The Kier molecular flexibility index (Phi) is 8.38. The molecule has 0 aromatic heterocycles. The van der Waals surface area contributed by atoms with Gasteiger partial charge in [0.15, 0.2) is 0 Å². The molecule has 0 saturated heterocycles. The van der Waals surface area contributed by atoms with Crippen LogP contribution in [0.1, 0.15) is 66.8 Å². The van der Waals surface area contributed by atoms with E-state index in [2.05, 4.69) is 132 Å². The first-order chi connectivity index (χ1) is 17.8. The highest BCUT2D eigenvalue weighted by Crippen LogP contribution is 2.68. The summed E-state index contributed by atoms with van der Waals surface area (Å²) in [4.78, 5) is 0. The van der Waals surface area contributed by atoms with Crippen molar-refractivity contribution < 1.29 is 0 Å². The van der Waals surface area contributed by atoms with E-state index >= 15 is 0 Å². The Morgan fingerprint density at radius 1 is 0.263 bits per heavy atom. The quantitative estimate of drug-likeness (QED) is 0.223. The molecule has 4 aromatic rings. The van der Waals surface area contributed by atoms with Crippen molar-refractivity contribution in [1.82, 2.24) is 0 Å². The molecule has 0 atom stereocenters. The van der Waals surface area contributed by atoms with Gasteiger partial charge in [0.2, 0.25) is 0 Å². The lowest BCUT2D eigenvalue weighted by molar-refractivity contribution is 1.34. The van der Waals surface area contributed by atoms with Gasteiger partial charge in [0.25, 0.3) is 0 Å². The van der Waals surface area contributed by atoms with Crippen LogP contribution < -0.4 is 21.2 Å². The minimum absolute atomic E-state index is 0.694. The monoisotopic (exact) mass is 538 g/mol. The van der Waals surface area contributed by atoms with Crippen molar-refractivity contribution in [2.75, 3.05) is 0 Å². The average molecular weight is 539 g/mol. The highest BCUT2D eigenvalue weighted by molar-refractivity contribution is 8.41. The fraction of sp³-hybridized carbons (Fsp3) is 0.333. The molecule has 0 spiro atoms. The van der Waals surface area contributed by atoms with E-state index in [4.69, 9.17) is 0 Å². The SMILES string of the molecule is Cc1cc(C)c(P(c2c(C)cc(C)cc2C)P(c2c(C)cc(C)cc2C)c2c(C)cc(C)cc2C)c(C)c1. The van der Waals surface area contributed by atoms with Gasteiger partial charge in [-0.3, -0.25) is 0 Å². The lowest BCUT2D eigenvalue weighted by atomic mass is 10.1. The molecule has 0 heterocycles. The molecular weight excluding hydrogens is 494 g/mol. The van der Waals surface area contributed by atoms with Crippen LogP contribution in [0.4, 0.5) is 0 Å². The largest absolute Gasteiger partial charge is 0.0557 e. The van der Waals surface area contributed by atoms with Crippen molar-refractivity contribution in [2.45, 2.75) is 83.1 Å². The zero-order valence-electron chi connectivity index (χ0n) is 25.5. The summed E-state index contributed by atoms with van der Waals surface area (Å²) < 4.78 is 0. The Hall–Kier alpha value is -2.26. The van der Waals surface area contributed by atoms with E-state index in [1.165, 1.54) is 66.8 Å². The third kappa shape index (κ3) is 5.41. The van der Waals surface area contributed by atoms with Crippen molar-refractivity contribution in [3.8, 4) is 0 Å². The van der Waals surface area contributed by atoms with Gasteiger partial charge < -0.3 is 0 Å². The van der Waals surface area contributed by atoms with Crippen molar-refractivity contribution >= 4 is 36.4 Å². The third-order valence-corrected chi connectivity index (χ3v) is 16.1. The fourth-order valence-electron chi connectivity index (χ4n) is 6.65. The maximum Gasteiger partial charge on any atom is -0.00877 e. The van der Waals surface area contributed by atoms with E-state index in [1.807, 2.05) is 0 Å². The second kappa shape index (κ2) is 11.1. The van der Waals surface area contributed by atoms with Crippen LogP contribution in [-0.4, -0.2) is 0 Å². The van der Waals surface area contributed by atoms with Crippen molar-refractivity contribution in [1.29, 1.82) is 0 Å². The van der Waals surface area contributed by atoms with E-state index in [9.17, 15) is 0 Å². The summed E-state index contributed by atoms with van der Waals surface area (Å²) in [7, 11) is -1.39. The van der Waals surface area contributed by atoms with Gasteiger partial charge in [-0.1, -0.05) is 70.8 Å². The lowest BCUT2D eigenvalue weighted by Crippen LogP contribution is -2.29. The number of benzene rings is 4. The van der Waals surface area contributed by atoms with E-state index in [1.54, 1.807) is 21.2 Å². The van der Waals surface area contributed by atoms with Gasteiger partial charge in [-0.05, 0) is 164 Å². The molecule has 0 nitrogen and oxygen atoms in total. The van der Waals surface area contributed by atoms with Crippen LogP contribution in [0.15, 0.2) is 48.5 Å². The summed E-state index contributed by atoms with van der Waals surface area (Å²) in [5.74, 6) is 0. The minimum Gasteiger partial charge on any atom is -0.0557 e. The fourth-order valence-corrected chi connectivity index (χ4v) is 17.3. The predicted molar refractivity (Wildman–Crippen MR) is 175 cm³/mol. The lowest BCUT2D eigenvalue weighted by Gasteiger charge is -2.37. The maximum absolute atomic E-state index is 2.41. The first-order valence-electron chi connectivity index (χ1n) is 13.7. The highest BCUT2D eigenvalue weighted by Gasteiger charge is 2.35. The second-order valence-corrected chi connectivity index (χ2v) is 17.0. The molecule has 0 aliphatic rings. The van der Waals surface area contributed by atoms with Crippen LogP contribution in [0, 0.1) is 83.1 Å². The molecule has 0 aliphatic heterocycles. The van der Waals surface area contributed by atoms with Crippen LogP contribution in [-0.2, 0) is 0 Å². The van der Waals surface area contributed by atoms with Crippen LogP contribution in [0.25, 0.3) is 0 Å². The predicted octanol–water partition coefficient (Wildman–Crippen LogP) is 8.87. The van der Waals surface area contributed by atoms with Gasteiger partial charge >= 0.3 is 0 Å². The molecule has 0 fully saturated rings. The molecule has 0 bridgehead atoms. The Morgan fingerprint density at radius 3 is 0.526 bits per heavy atom.